The Morgan fingerprint density at radius 2 is 2.22 bits per heavy atom. The van der Waals surface area contributed by atoms with Gasteiger partial charge in [0.05, 0.1) is 25.2 Å². The van der Waals surface area contributed by atoms with Crippen LogP contribution in [0.1, 0.15) is 18.3 Å². The van der Waals surface area contributed by atoms with Crippen molar-refractivity contribution in [2.45, 2.75) is 26.4 Å². The van der Waals surface area contributed by atoms with Gasteiger partial charge in [-0.05, 0) is 26.0 Å². The number of carbonyl (C=O) groups excluding carboxylic acids is 1. The van der Waals surface area contributed by atoms with Gasteiger partial charge in [0.15, 0.2) is 0 Å². The van der Waals surface area contributed by atoms with E-state index in [0.29, 0.717) is 13.1 Å². The van der Waals surface area contributed by atoms with Crippen LogP contribution in [0.15, 0.2) is 30.6 Å². The van der Waals surface area contributed by atoms with Crippen molar-refractivity contribution < 1.29 is 9.53 Å². The number of aromatic nitrogens is 2. The smallest absolute Gasteiger partial charge is 0.244 e. The van der Waals surface area contributed by atoms with E-state index in [9.17, 15) is 4.79 Å². The summed E-state index contributed by atoms with van der Waals surface area (Å²) in [5, 5.41) is 0. The van der Waals surface area contributed by atoms with Gasteiger partial charge in [-0.2, -0.15) is 0 Å². The van der Waals surface area contributed by atoms with Crippen LogP contribution in [0, 0.1) is 6.92 Å². The predicted octanol–water partition coefficient (Wildman–Crippen LogP) is 1.96. The molecule has 2 heterocycles. The van der Waals surface area contributed by atoms with Gasteiger partial charge in [0.25, 0.3) is 0 Å². The lowest BCUT2D eigenvalue weighted by Gasteiger charge is -2.39. The molecule has 1 unspecified atom stereocenters. The molecule has 1 aromatic heterocycles. The van der Waals surface area contributed by atoms with E-state index < -0.39 is 0 Å². The van der Waals surface area contributed by atoms with Gasteiger partial charge in [0.1, 0.15) is 5.75 Å². The first-order valence-electron chi connectivity index (χ1n) is 7.78. The molecule has 0 radical (unpaired) electrons. The van der Waals surface area contributed by atoms with E-state index in [4.69, 9.17) is 4.74 Å². The minimum Gasteiger partial charge on any atom is -0.497 e. The van der Waals surface area contributed by atoms with Crippen LogP contribution in [0.3, 0.4) is 0 Å². The Kier molecular flexibility index (Phi) is 4.34. The summed E-state index contributed by atoms with van der Waals surface area (Å²) in [6.07, 6.45) is 1.70. The van der Waals surface area contributed by atoms with Crippen molar-refractivity contribution in [2.24, 2.45) is 0 Å². The molecule has 1 amide bonds. The molecule has 1 aliphatic rings. The summed E-state index contributed by atoms with van der Waals surface area (Å²) in [4.78, 5) is 24.2. The number of aryl methyl sites for hydroxylation is 1. The number of H-pyrrole nitrogens is 1. The van der Waals surface area contributed by atoms with Gasteiger partial charge in [-0.15, -0.1) is 0 Å². The lowest BCUT2D eigenvalue weighted by atomic mass is 10.1. The number of anilines is 1. The van der Waals surface area contributed by atoms with Crippen LogP contribution in [0.4, 0.5) is 5.69 Å². The topological polar surface area (TPSA) is 61.5 Å². The molecule has 122 valence electrons. The average Bonchev–Trinajstić information content (AvgIpc) is 2.97. The summed E-state index contributed by atoms with van der Waals surface area (Å²) >= 11 is 0. The van der Waals surface area contributed by atoms with E-state index >= 15 is 0 Å². The lowest BCUT2D eigenvalue weighted by molar-refractivity contribution is -0.125. The number of ether oxygens (including phenoxy) is 1. The fraction of sp³-hybridized carbons (Fsp3) is 0.412. The van der Waals surface area contributed by atoms with Crippen LogP contribution < -0.4 is 9.64 Å². The zero-order valence-electron chi connectivity index (χ0n) is 13.7. The van der Waals surface area contributed by atoms with E-state index in [1.165, 1.54) is 0 Å². The molecule has 1 aromatic carbocycles. The molecular weight excluding hydrogens is 292 g/mol. The SMILES string of the molecule is COc1cccc(N2CCN(Cc3nc[nH]c3C)C(C)C2=O)c1. The highest BCUT2D eigenvalue weighted by molar-refractivity contribution is 5.97. The van der Waals surface area contributed by atoms with E-state index in [-0.39, 0.29) is 11.9 Å². The maximum atomic E-state index is 12.8. The number of rotatable bonds is 4. The molecule has 6 nitrogen and oxygen atoms in total. The number of benzene rings is 1. The molecule has 1 atom stereocenters. The molecule has 1 aliphatic heterocycles. The monoisotopic (exact) mass is 314 g/mol. The Bertz CT molecular complexity index is 697. The lowest BCUT2D eigenvalue weighted by Crippen LogP contribution is -2.55. The summed E-state index contributed by atoms with van der Waals surface area (Å²) in [6, 6.07) is 7.46. The minimum absolute atomic E-state index is 0.109. The predicted molar refractivity (Wildman–Crippen MR) is 88.5 cm³/mol. The number of hydrogen-bond donors (Lipinski definition) is 1. The fourth-order valence-corrected chi connectivity index (χ4v) is 2.90. The van der Waals surface area contributed by atoms with Crippen molar-refractivity contribution in [3.05, 3.63) is 42.0 Å². The van der Waals surface area contributed by atoms with Crippen LogP contribution in [-0.2, 0) is 11.3 Å². The fourth-order valence-electron chi connectivity index (χ4n) is 2.90. The number of piperazine rings is 1. The molecule has 1 N–H and O–H groups in total. The Hall–Kier alpha value is -2.34. The molecule has 0 saturated carbocycles. The van der Waals surface area contributed by atoms with Crippen LogP contribution in [-0.4, -0.2) is 47.0 Å². The molecule has 0 aliphatic carbocycles. The second-order valence-electron chi connectivity index (χ2n) is 5.81. The number of hydrogen-bond acceptors (Lipinski definition) is 4. The molecule has 6 heteroatoms. The molecule has 0 bridgehead atoms. The van der Waals surface area contributed by atoms with Crippen molar-refractivity contribution in [2.75, 3.05) is 25.1 Å². The number of nitrogens with zero attached hydrogens (tertiary/aromatic N) is 3. The highest BCUT2D eigenvalue weighted by atomic mass is 16.5. The standard InChI is InChI=1S/C17H22N4O2/c1-12-16(19-11-18-12)10-20-7-8-21(17(22)13(20)2)14-5-4-6-15(9-14)23-3/h4-6,9,11,13H,7-8,10H2,1-3H3,(H,18,19). The summed E-state index contributed by atoms with van der Waals surface area (Å²) in [5.41, 5.74) is 2.94. The van der Waals surface area contributed by atoms with E-state index in [1.54, 1.807) is 13.4 Å². The quantitative estimate of drug-likeness (QED) is 0.937. The largest absolute Gasteiger partial charge is 0.497 e. The highest BCUT2D eigenvalue weighted by Gasteiger charge is 2.32. The highest BCUT2D eigenvalue weighted by Crippen LogP contribution is 2.25. The Morgan fingerprint density at radius 3 is 2.91 bits per heavy atom. The average molecular weight is 314 g/mol. The van der Waals surface area contributed by atoms with Gasteiger partial charge in [0, 0.05) is 37.1 Å². The van der Waals surface area contributed by atoms with Crippen LogP contribution >= 0.6 is 0 Å². The second kappa shape index (κ2) is 6.42. The molecule has 23 heavy (non-hydrogen) atoms. The minimum atomic E-state index is -0.175. The van der Waals surface area contributed by atoms with E-state index in [2.05, 4.69) is 14.9 Å². The second-order valence-corrected chi connectivity index (χ2v) is 5.81. The molecule has 0 spiro atoms. The zero-order chi connectivity index (χ0) is 16.4. The van der Waals surface area contributed by atoms with Gasteiger partial charge in [0.2, 0.25) is 5.91 Å². The van der Waals surface area contributed by atoms with Crippen LogP contribution in [0.2, 0.25) is 0 Å². The molecule has 1 fully saturated rings. The maximum absolute atomic E-state index is 12.8. The number of carbonyl (C=O) groups is 1. The van der Waals surface area contributed by atoms with Crippen LogP contribution in [0.5, 0.6) is 5.75 Å². The molecule has 3 rings (SSSR count). The van der Waals surface area contributed by atoms with Crippen LogP contribution in [0.25, 0.3) is 0 Å². The number of amides is 1. The van der Waals surface area contributed by atoms with Crippen molar-refractivity contribution in [3.8, 4) is 5.75 Å². The summed E-state index contributed by atoms with van der Waals surface area (Å²) < 4.78 is 5.25. The molecule has 1 saturated heterocycles. The Morgan fingerprint density at radius 1 is 1.39 bits per heavy atom. The first-order valence-corrected chi connectivity index (χ1v) is 7.78. The van der Waals surface area contributed by atoms with E-state index in [0.717, 1.165) is 29.4 Å². The number of nitrogens with one attached hydrogen (secondary N) is 1. The zero-order valence-corrected chi connectivity index (χ0v) is 13.7. The first-order chi connectivity index (χ1) is 11.1. The third-order valence-electron chi connectivity index (χ3n) is 4.43. The summed E-state index contributed by atoms with van der Waals surface area (Å²) in [6.45, 7) is 6.13. The number of methoxy groups -OCH3 is 1. The van der Waals surface area contributed by atoms with Gasteiger partial charge in [-0.1, -0.05) is 6.07 Å². The maximum Gasteiger partial charge on any atom is 0.244 e. The Labute approximate surface area is 136 Å². The van der Waals surface area contributed by atoms with E-state index in [1.807, 2.05) is 43.0 Å². The van der Waals surface area contributed by atoms with Gasteiger partial charge < -0.3 is 14.6 Å². The molecule has 2 aromatic rings. The summed E-state index contributed by atoms with van der Waals surface area (Å²) in [7, 11) is 1.63. The van der Waals surface area contributed by atoms with Crippen molar-refractivity contribution in [1.82, 2.24) is 14.9 Å². The summed E-state index contributed by atoms with van der Waals surface area (Å²) in [5.74, 6) is 0.871. The third kappa shape index (κ3) is 3.07. The number of aromatic amines is 1. The normalized spacial score (nSPS) is 19.2. The van der Waals surface area contributed by atoms with Crippen molar-refractivity contribution in [1.29, 1.82) is 0 Å². The van der Waals surface area contributed by atoms with Gasteiger partial charge in [-0.25, -0.2) is 4.98 Å². The van der Waals surface area contributed by atoms with Crippen molar-refractivity contribution >= 4 is 11.6 Å². The van der Waals surface area contributed by atoms with Gasteiger partial charge in [-0.3, -0.25) is 9.69 Å². The molecular formula is C17H22N4O2. The number of imidazole rings is 1. The van der Waals surface area contributed by atoms with Gasteiger partial charge >= 0.3 is 0 Å². The third-order valence-corrected chi connectivity index (χ3v) is 4.43. The van der Waals surface area contributed by atoms with Crippen molar-refractivity contribution in [3.63, 3.8) is 0 Å². The first kappa shape index (κ1) is 15.6. The Balaban J connectivity index is 1.74.